The number of nitrogens with zero attached hydrogens (tertiary/aromatic N) is 1. The Bertz CT molecular complexity index is 163. The Kier molecular flexibility index (Phi) is 2.13. The highest BCUT2D eigenvalue weighted by molar-refractivity contribution is 5.09. The quantitative estimate of drug-likeness (QED) is 0.678. The summed E-state index contributed by atoms with van der Waals surface area (Å²) in [5.74, 6) is 0. The zero-order valence-corrected chi connectivity index (χ0v) is 8.27. The molecule has 2 aliphatic rings. The highest BCUT2D eigenvalue weighted by Crippen LogP contribution is 2.52. The van der Waals surface area contributed by atoms with Crippen LogP contribution in [0.25, 0.3) is 0 Å². The van der Waals surface area contributed by atoms with Gasteiger partial charge in [-0.15, -0.1) is 0 Å². The molecular weight excluding hydrogens is 148 g/mol. The van der Waals surface area contributed by atoms with Gasteiger partial charge in [0.25, 0.3) is 0 Å². The lowest BCUT2D eigenvalue weighted by molar-refractivity contribution is 0.337. The van der Waals surface area contributed by atoms with Gasteiger partial charge in [0.15, 0.2) is 0 Å². The lowest BCUT2D eigenvalue weighted by Crippen LogP contribution is -2.37. The first-order valence-electron chi connectivity index (χ1n) is 5.26. The molecule has 12 heavy (non-hydrogen) atoms. The minimum atomic E-state index is 0.700. The molecule has 1 unspecified atom stereocenters. The average molecular weight is 168 g/mol. The molecule has 2 fully saturated rings. The maximum absolute atomic E-state index is 3.62. The monoisotopic (exact) mass is 168 g/mol. The third-order valence-corrected chi connectivity index (χ3v) is 3.51. The van der Waals surface area contributed by atoms with Gasteiger partial charge in [0, 0.05) is 19.1 Å². The number of hydrogen-bond donors (Lipinski definition) is 1. The van der Waals surface area contributed by atoms with Crippen molar-refractivity contribution in [3.8, 4) is 0 Å². The molecule has 1 atom stereocenters. The fourth-order valence-corrected chi connectivity index (χ4v) is 2.51. The van der Waals surface area contributed by atoms with Gasteiger partial charge in [-0.2, -0.15) is 0 Å². The average Bonchev–Trinajstić information content (AvgIpc) is 2.74. The van der Waals surface area contributed by atoms with Crippen LogP contribution in [0.2, 0.25) is 0 Å². The molecule has 2 nitrogen and oxygen atoms in total. The maximum Gasteiger partial charge on any atom is 0.0263 e. The predicted octanol–water partition coefficient (Wildman–Crippen LogP) is 1.08. The van der Waals surface area contributed by atoms with E-state index in [9.17, 15) is 0 Å². The van der Waals surface area contributed by atoms with Crippen molar-refractivity contribution >= 4 is 0 Å². The van der Waals surface area contributed by atoms with Crippen LogP contribution in [-0.4, -0.2) is 37.1 Å². The molecule has 2 rings (SSSR count). The van der Waals surface area contributed by atoms with E-state index in [0.717, 1.165) is 12.6 Å². The van der Waals surface area contributed by atoms with Crippen LogP contribution < -0.4 is 5.32 Å². The summed E-state index contributed by atoms with van der Waals surface area (Å²) < 4.78 is 0. The summed E-state index contributed by atoms with van der Waals surface area (Å²) >= 11 is 0. The summed E-state index contributed by atoms with van der Waals surface area (Å²) in [6.07, 6.45) is 2.92. The Morgan fingerprint density at radius 1 is 1.42 bits per heavy atom. The molecule has 1 aliphatic carbocycles. The fraction of sp³-hybridized carbons (Fsp3) is 1.00. The van der Waals surface area contributed by atoms with Gasteiger partial charge in [-0.05, 0) is 31.3 Å². The molecule has 1 aliphatic heterocycles. The lowest BCUT2D eigenvalue weighted by Gasteiger charge is -2.17. The maximum atomic E-state index is 3.62. The van der Waals surface area contributed by atoms with Crippen molar-refractivity contribution < 1.29 is 0 Å². The van der Waals surface area contributed by atoms with E-state index in [0.29, 0.717) is 5.41 Å². The van der Waals surface area contributed by atoms with Crippen molar-refractivity contribution in [2.75, 3.05) is 26.2 Å². The molecule has 0 bridgehead atoms. The van der Waals surface area contributed by atoms with Crippen LogP contribution in [0.15, 0.2) is 0 Å². The second-order valence-corrected chi connectivity index (χ2v) is 4.30. The molecule has 0 amide bonds. The van der Waals surface area contributed by atoms with Crippen LogP contribution in [0, 0.1) is 5.41 Å². The van der Waals surface area contributed by atoms with Crippen molar-refractivity contribution in [3.05, 3.63) is 0 Å². The van der Waals surface area contributed by atoms with Gasteiger partial charge < -0.3 is 10.2 Å². The molecule has 0 radical (unpaired) electrons. The Balaban J connectivity index is 1.95. The lowest BCUT2D eigenvalue weighted by atomic mass is 10.0. The van der Waals surface area contributed by atoms with Crippen molar-refractivity contribution in [1.29, 1.82) is 0 Å². The summed E-state index contributed by atoms with van der Waals surface area (Å²) in [6, 6.07) is 0.794. The molecule has 0 aromatic heterocycles. The fourth-order valence-electron chi connectivity index (χ4n) is 2.51. The van der Waals surface area contributed by atoms with E-state index in [1.54, 1.807) is 0 Å². The highest BCUT2D eigenvalue weighted by atomic mass is 15.2. The molecule has 1 heterocycles. The molecule has 1 spiro atoms. The molecular formula is C10H20N2. The van der Waals surface area contributed by atoms with Crippen molar-refractivity contribution in [1.82, 2.24) is 10.2 Å². The summed E-state index contributed by atoms with van der Waals surface area (Å²) in [5.41, 5.74) is 0.700. The minimum Gasteiger partial charge on any atom is -0.312 e. The van der Waals surface area contributed by atoms with Crippen LogP contribution in [0.4, 0.5) is 0 Å². The van der Waals surface area contributed by atoms with Gasteiger partial charge in [0.05, 0.1) is 0 Å². The first-order chi connectivity index (χ1) is 5.80. The second kappa shape index (κ2) is 3.00. The molecule has 1 saturated carbocycles. The van der Waals surface area contributed by atoms with Gasteiger partial charge >= 0.3 is 0 Å². The smallest absolute Gasteiger partial charge is 0.0263 e. The van der Waals surface area contributed by atoms with E-state index >= 15 is 0 Å². The van der Waals surface area contributed by atoms with Gasteiger partial charge in [-0.25, -0.2) is 0 Å². The van der Waals surface area contributed by atoms with Gasteiger partial charge in [-0.3, -0.25) is 0 Å². The molecule has 0 aromatic rings. The SMILES string of the molecule is CCNC1CN(CC)CC12CC2. The first kappa shape index (κ1) is 8.52. The van der Waals surface area contributed by atoms with E-state index in [-0.39, 0.29) is 0 Å². The number of likely N-dealkylation sites (tertiary alicyclic amines) is 1. The Morgan fingerprint density at radius 2 is 2.17 bits per heavy atom. The van der Waals surface area contributed by atoms with E-state index < -0.39 is 0 Å². The second-order valence-electron chi connectivity index (χ2n) is 4.30. The summed E-state index contributed by atoms with van der Waals surface area (Å²) in [4.78, 5) is 2.58. The van der Waals surface area contributed by atoms with E-state index in [1.807, 2.05) is 0 Å². The van der Waals surface area contributed by atoms with Crippen LogP contribution in [0.1, 0.15) is 26.7 Å². The number of nitrogens with one attached hydrogen (secondary N) is 1. The number of likely N-dealkylation sites (N-methyl/N-ethyl adjacent to an activating group) is 2. The van der Waals surface area contributed by atoms with E-state index in [2.05, 4.69) is 24.1 Å². The molecule has 2 heteroatoms. The third kappa shape index (κ3) is 1.27. The van der Waals surface area contributed by atoms with Crippen LogP contribution in [0.5, 0.6) is 0 Å². The van der Waals surface area contributed by atoms with E-state index in [1.165, 1.54) is 32.5 Å². The molecule has 1 saturated heterocycles. The molecule has 70 valence electrons. The van der Waals surface area contributed by atoms with Gasteiger partial charge in [0.1, 0.15) is 0 Å². The third-order valence-electron chi connectivity index (χ3n) is 3.51. The van der Waals surface area contributed by atoms with Crippen molar-refractivity contribution in [2.45, 2.75) is 32.7 Å². The van der Waals surface area contributed by atoms with Crippen LogP contribution >= 0.6 is 0 Å². The molecule has 1 N–H and O–H groups in total. The summed E-state index contributed by atoms with van der Waals surface area (Å²) in [6.45, 7) is 9.47. The summed E-state index contributed by atoms with van der Waals surface area (Å²) in [5, 5.41) is 3.62. The first-order valence-corrected chi connectivity index (χ1v) is 5.26. The topological polar surface area (TPSA) is 15.3 Å². The zero-order chi connectivity index (χ0) is 8.60. The Labute approximate surface area is 75.3 Å². The molecule has 0 aromatic carbocycles. The predicted molar refractivity (Wildman–Crippen MR) is 51.2 cm³/mol. The minimum absolute atomic E-state index is 0.700. The normalized spacial score (nSPS) is 33.0. The number of rotatable bonds is 3. The Hall–Kier alpha value is -0.0800. The largest absolute Gasteiger partial charge is 0.312 e. The van der Waals surface area contributed by atoms with E-state index in [4.69, 9.17) is 0 Å². The van der Waals surface area contributed by atoms with Crippen LogP contribution in [-0.2, 0) is 0 Å². The van der Waals surface area contributed by atoms with Gasteiger partial charge in [0.2, 0.25) is 0 Å². The van der Waals surface area contributed by atoms with Gasteiger partial charge in [-0.1, -0.05) is 13.8 Å². The van der Waals surface area contributed by atoms with Crippen LogP contribution in [0.3, 0.4) is 0 Å². The Morgan fingerprint density at radius 3 is 2.67 bits per heavy atom. The highest BCUT2D eigenvalue weighted by Gasteiger charge is 2.53. The number of hydrogen-bond acceptors (Lipinski definition) is 2. The van der Waals surface area contributed by atoms with Crippen molar-refractivity contribution in [3.63, 3.8) is 0 Å². The zero-order valence-electron chi connectivity index (χ0n) is 8.27. The van der Waals surface area contributed by atoms with Crippen molar-refractivity contribution in [2.24, 2.45) is 5.41 Å². The summed E-state index contributed by atoms with van der Waals surface area (Å²) in [7, 11) is 0. The standard InChI is InChI=1S/C10H20N2/c1-3-11-9-7-12(4-2)8-10(9)5-6-10/h9,11H,3-8H2,1-2H3.